The smallest absolute Gasteiger partial charge is 0.257 e. The summed E-state index contributed by atoms with van der Waals surface area (Å²) in [6, 6.07) is 11.4. The lowest BCUT2D eigenvalue weighted by Gasteiger charge is -2.25. The molecule has 0 aliphatic carbocycles. The minimum atomic E-state index is -0.801. The van der Waals surface area contributed by atoms with E-state index in [0.717, 1.165) is 4.90 Å². The number of carbonyl (C=O) groups excluding carboxylic acids is 3. The molecule has 2 aromatic rings. The zero-order chi connectivity index (χ0) is 16.4. The Morgan fingerprint density at radius 1 is 1.22 bits per heavy atom. The maximum Gasteiger partial charge on any atom is 0.257 e. The van der Waals surface area contributed by atoms with Gasteiger partial charge in [0.2, 0.25) is 11.8 Å². The van der Waals surface area contributed by atoms with Crippen LogP contribution in [0.4, 0.5) is 5.69 Å². The second-order valence-corrected chi connectivity index (χ2v) is 5.35. The number of para-hydroxylation sites is 1. The van der Waals surface area contributed by atoms with Gasteiger partial charge < -0.3 is 9.32 Å². The van der Waals surface area contributed by atoms with Crippen molar-refractivity contribution in [1.82, 2.24) is 4.90 Å². The summed E-state index contributed by atoms with van der Waals surface area (Å²) < 4.78 is 5.24. The van der Waals surface area contributed by atoms with Gasteiger partial charge in [0.05, 0.1) is 24.9 Å². The minimum absolute atomic E-state index is 0.0198. The second kappa shape index (κ2) is 6.08. The van der Waals surface area contributed by atoms with Gasteiger partial charge in [-0.1, -0.05) is 18.2 Å². The van der Waals surface area contributed by atoms with E-state index >= 15 is 0 Å². The third-order valence-electron chi connectivity index (χ3n) is 3.82. The highest BCUT2D eigenvalue weighted by molar-refractivity contribution is 6.22. The standard InChI is InChI=1S/C17H16N2O4/c1-12(20)18(11-14-8-5-9-23-14)15-10-16(21)19(17(15)22)13-6-3-2-4-7-13/h2-9,15H,10-11H2,1H3. The molecular weight excluding hydrogens is 296 g/mol. The number of hydrogen-bond donors (Lipinski definition) is 0. The summed E-state index contributed by atoms with van der Waals surface area (Å²) in [6.07, 6.45) is 1.49. The third-order valence-corrected chi connectivity index (χ3v) is 3.82. The highest BCUT2D eigenvalue weighted by Gasteiger charge is 2.43. The van der Waals surface area contributed by atoms with Gasteiger partial charge in [0.15, 0.2) is 0 Å². The van der Waals surface area contributed by atoms with Gasteiger partial charge in [0.25, 0.3) is 5.91 Å². The van der Waals surface area contributed by atoms with E-state index in [-0.39, 0.29) is 30.7 Å². The lowest BCUT2D eigenvalue weighted by molar-refractivity contribution is -0.137. The largest absolute Gasteiger partial charge is 0.467 e. The van der Waals surface area contributed by atoms with Crippen LogP contribution in [0.2, 0.25) is 0 Å². The van der Waals surface area contributed by atoms with Crippen molar-refractivity contribution >= 4 is 23.4 Å². The fraction of sp³-hybridized carbons (Fsp3) is 0.235. The molecule has 0 N–H and O–H groups in total. The Morgan fingerprint density at radius 3 is 2.57 bits per heavy atom. The SMILES string of the molecule is CC(=O)N(Cc1ccco1)C1CC(=O)N(c2ccccc2)C1=O. The van der Waals surface area contributed by atoms with Gasteiger partial charge in [-0.25, -0.2) is 4.90 Å². The number of hydrogen-bond acceptors (Lipinski definition) is 4. The molecule has 1 fully saturated rings. The Balaban J connectivity index is 1.86. The Kier molecular flexibility index (Phi) is 3.97. The van der Waals surface area contributed by atoms with Gasteiger partial charge in [-0.15, -0.1) is 0 Å². The van der Waals surface area contributed by atoms with Gasteiger partial charge in [0, 0.05) is 6.92 Å². The van der Waals surface area contributed by atoms with Crippen molar-refractivity contribution in [3.05, 3.63) is 54.5 Å². The zero-order valence-electron chi connectivity index (χ0n) is 12.6. The van der Waals surface area contributed by atoms with Crippen LogP contribution < -0.4 is 4.90 Å². The van der Waals surface area contributed by atoms with Crippen molar-refractivity contribution in [2.24, 2.45) is 0 Å². The Bertz CT molecular complexity index is 724. The molecule has 1 aromatic carbocycles. The van der Waals surface area contributed by atoms with Crippen LogP contribution >= 0.6 is 0 Å². The normalized spacial score (nSPS) is 17.6. The average molecular weight is 312 g/mol. The first-order chi connectivity index (χ1) is 11.1. The summed E-state index contributed by atoms with van der Waals surface area (Å²) in [4.78, 5) is 39.4. The first-order valence-electron chi connectivity index (χ1n) is 7.29. The summed E-state index contributed by atoms with van der Waals surface area (Å²) in [6.45, 7) is 1.54. The Hall–Kier alpha value is -2.89. The van der Waals surface area contributed by atoms with E-state index in [1.807, 2.05) is 6.07 Å². The molecule has 1 aliphatic rings. The van der Waals surface area contributed by atoms with Crippen LogP contribution in [-0.4, -0.2) is 28.7 Å². The molecule has 1 unspecified atom stereocenters. The van der Waals surface area contributed by atoms with E-state index in [0.29, 0.717) is 11.4 Å². The molecule has 3 amide bonds. The van der Waals surface area contributed by atoms with Gasteiger partial charge in [-0.05, 0) is 24.3 Å². The first kappa shape index (κ1) is 15.0. The van der Waals surface area contributed by atoms with Crippen molar-refractivity contribution in [3.63, 3.8) is 0 Å². The van der Waals surface area contributed by atoms with E-state index in [4.69, 9.17) is 4.42 Å². The molecular formula is C17H16N2O4. The van der Waals surface area contributed by atoms with Crippen LogP contribution in [0.15, 0.2) is 53.1 Å². The fourth-order valence-electron chi connectivity index (χ4n) is 2.72. The van der Waals surface area contributed by atoms with Crippen LogP contribution in [0.5, 0.6) is 0 Å². The molecule has 0 bridgehead atoms. The van der Waals surface area contributed by atoms with E-state index in [2.05, 4.69) is 0 Å². The molecule has 0 spiro atoms. The van der Waals surface area contributed by atoms with E-state index in [1.165, 1.54) is 18.1 Å². The Morgan fingerprint density at radius 2 is 1.96 bits per heavy atom. The van der Waals surface area contributed by atoms with Crippen molar-refractivity contribution in [3.8, 4) is 0 Å². The van der Waals surface area contributed by atoms with Gasteiger partial charge in [-0.2, -0.15) is 0 Å². The molecule has 3 rings (SSSR count). The van der Waals surface area contributed by atoms with Crippen LogP contribution in [0.25, 0.3) is 0 Å². The molecule has 118 valence electrons. The van der Waals surface area contributed by atoms with Crippen LogP contribution in [0.1, 0.15) is 19.1 Å². The van der Waals surface area contributed by atoms with Crippen molar-refractivity contribution in [2.45, 2.75) is 25.9 Å². The van der Waals surface area contributed by atoms with E-state index in [1.54, 1.807) is 36.4 Å². The molecule has 0 saturated carbocycles. The van der Waals surface area contributed by atoms with Gasteiger partial charge in [-0.3, -0.25) is 14.4 Å². The maximum absolute atomic E-state index is 12.7. The van der Waals surface area contributed by atoms with Crippen molar-refractivity contribution in [1.29, 1.82) is 0 Å². The molecule has 1 saturated heterocycles. The lowest BCUT2D eigenvalue weighted by atomic mass is 10.2. The fourth-order valence-corrected chi connectivity index (χ4v) is 2.72. The summed E-state index contributed by atoms with van der Waals surface area (Å²) in [7, 11) is 0. The van der Waals surface area contributed by atoms with Crippen LogP contribution in [0.3, 0.4) is 0 Å². The Labute approximate surface area is 133 Å². The predicted octanol–water partition coefficient (Wildman–Crippen LogP) is 1.96. The number of nitrogens with zero attached hydrogens (tertiary/aromatic N) is 2. The van der Waals surface area contributed by atoms with Gasteiger partial charge in [0.1, 0.15) is 11.8 Å². The number of rotatable bonds is 4. The zero-order valence-corrected chi connectivity index (χ0v) is 12.6. The lowest BCUT2D eigenvalue weighted by Crippen LogP contribution is -2.44. The van der Waals surface area contributed by atoms with Crippen molar-refractivity contribution < 1.29 is 18.8 Å². The number of benzene rings is 1. The van der Waals surface area contributed by atoms with Gasteiger partial charge >= 0.3 is 0 Å². The molecule has 1 aliphatic heterocycles. The number of furan rings is 1. The quantitative estimate of drug-likeness (QED) is 0.809. The first-order valence-corrected chi connectivity index (χ1v) is 7.29. The van der Waals surface area contributed by atoms with Crippen LogP contribution in [-0.2, 0) is 20.9 Å². The molecule has 2 heterocycles. The molecule has 0 radical (unpaired) electrons. The summed E-state index contributed by atoms with van der Waals surface area (Å²) in [5.74, 6) is -0.402. The molecule has 23 heavy (non-hydrogen) atoms. The molecule has 1 atom stereocenters. The topological polar surface area (TPSA) is 70.8 Å². The van der Waals surface area contributed by atoms with Crippen LogP contribution in [0, 0.1) is 0 Å². The molecule has 6 heteroatoms. The summed E-state index contributed by atoms with van der Waals surface area (Å²) >= 11 is 0. The number of carbonyl (C=O) groups is 3. The van der Waals surface area contributed by atoms with E-state index < -0.39 is 6.04 Å². The van der Waals surface area contributed by atoms with E-state index in [9.17, 15) is 14.4 Å². The highest BCUT2D eigenvalue weighted by atomic mass is 16.3. The summed E-state index contributed by atoms with van der Waals surface area (Å²) in [5.41, 5.74) is 0.520. The second-order valence-electron chi connectivity index (χ2n) is 5.35. The molecule has 6 nitrogen and oxygen atoms in total. The highest BCUT2D eigenvalue weighted by Crippen LogP contribution is 2.26. The number of amides is 3. The number of anilines is 1. The minimum Gasteiger partial charge on any atom is -0.467 e. The summed E-state index contributed by atoms with van der Waals surface area (Å²) in [5, 5.41) is 0. The average Bonchev–Trinajstić information content (AvgIpc) is 3.13. The molecule has 1 aromatic heterocycles. The third kappa shape index (κ3) is 2.88. The van der Waals surface area contributed by atoms with Crippen molar-refractivity contribution in [2.75, 3.05) is 4.90 Å². The monoisotopic (exact) mass is 312 g/mol. The predicted molar refractivity (Wildman–Crippen MR) is 82.3 cm³/mol. The number of imide groups is 1. The maximum atomic E-state index is 12.7.